The highest BCUT2D eigenvalue weighted by Gasteiger charge is 2.20. The molecule has 5 rings (SSSR count). The first-order valence-corrected chi connectivity index (χ1v) is 10.5. The Morgan fingerprint density at radius 3 is 2.00 bits per heavy atom. The lowest BCUT2D eigenvalue weighted by Gasteiger charge is -2.19. The Morgan fingerprint density at radius 1 is 0.750 bits per heavy atom. The summed E-state index contributed by atoms with van der Waals surface area (Å²) in [5.74, 6) is -0.361. The second-order valence-corrected chi connectivity index (χ2v) is 7.54. The monoisotopic (exact) mass is 419 g/mol. The molecule has 0 spiro atoms. The normalized spacial score (nSPS) is 11.0. The maximum absolute atomic E-state index is 13.0. The average Bonchev–Trinajstić information content (AvgIpc) is 3.27. The first-order chi connectivity index (χ1) is 15.8. The molecule has 4 aromatic carbocycles. The number of hydrogen-bond acceptors (Lipinski definition) is 4. The zero-order valence-electron chi connectivity index (χ0n) is 17.3. The van der Waals surface area contributed by atoms with Crippen molar-refractivity contribution in [1.82, 2.24) is 15.0 Å². The fraction of sp³-hybridized carbons (Fsp3) is 0.0741. The fourth-order valence-corrected chi connectivity index (χ4v) is 3.71. The Kier molecular flexibility index (Phi) is 5.45. The lowest BCUT2D eigenvalue weighted by atomic mass is 10.0. The predicted octanol–water partition coefficient (Wildman–Crippen LogP) is 5.43. The third-order valence-corrected chi connectivity index (χ3v) is 5.37. The number of esters is 1. The average molecular weight is 419 g/mol. The van der Waals surface area contributed by atoms with Crippen LogP contribution in [0.25, 0.3) is 11.0 Å². The number of nitrogens with zero attached hydrogens (tertiary/aromatic N) is 3. The van der Waals surface area contributed by atoms with Gasteiger partial charge in [-0.2, -0.15) is 0 Å². The third kappa shape index (κ3) is 4.14. The number of fused-ring (bicyclic) bond motifs is 1. The molecule has 32 heavy (non-hydrogen) atoms. The van der Waals surface area contributed by atoms with Crippen LogP contribution < -0.4 is 0 Å². The smallest absolute Gasteiger partial charge is 0.339 e. The number of hydrogen-bond donors (Lipinski definition) is 0. The van der Waals surface area contributed by atoms with Crippen molar-refractivity contribution in [3.05, 3.63) is 131 Å². The van der Waals surface area contributed by atoms with Crippen LogP contribution in [0.2, 0.25) is 0 Å². The highest BCUT2D eigenvalue weighted by atomic mass is 16.5. The van der Waals surface area contributed by atoms with E-state index in [2.05, 4.69) is 10.3 Å². The Balaban J connectivity index is 1.34. The molecule has 0 saturated heterocycles. The van der Waals surface area contributed by atoms with Gasteiger partial charge >= 0.3 is 5.97 Å². The van der Waals surface area contributed by atoms with Gasteiger partial charge in [-0.05, 0) is 41.0 Å². The van der Waals surface area contributed by atoms with Gasteiger partial charge in [-0.3, -0.25) is 0 Å². The maximum Gasteiger partial charge on any atom is 0.339 e. The predicted molar refractivity (Wildman–Crippen MR) is 123 cm³/mol. The van der Waals surface area contributed by atoms with Crippen LogP contribution in [0.1, 0.15) is 33.2 Å². The molecule has 1 aromatic heterocycles. The molecular formula is C27H21N3O2. The van der Waals surface area contributed by atoms with Gasteiger partial charge in [-0.1, -0.05) is 90.1 Å². The number of ether oxygens (including phenoxy) is 1. The number of rotatable bonds is 6. The lowest BCUT2D eigenvalue weighted by Crippen LogP contribution is -2.13. The molecule has 156 valence electrons. The van der Waals surface area contributed by atoms with Crippen molar-refractivity contribution in [2.24, 2.45) is 0 Å². The molecule has 0 saturated carbocycles. The van der Waals surface area contributed by atoms with Gasteiger partial charge in [0.15, 0.2) is 6.10 Å². The maximum atomic E-state index is 13.0. The quantitative estimate of drug-likeness (QED) is 0.345. The third-order valence-electron chi connectivity index (χ3n) is 5.37. The van der Waals surface area contributed by atoms with Crippen molar-refractivity contribution in [2.45, 2.75) is 12.6 Å². The molecule has 0 radical (unpaired) electrons. The molecule has 0 N–H and O–H groups in total. The van der Waals surface area contributed by atoms with E-state index in [1.807, 2.05) is 102 Å². The Morgan fingerprint density at radius 2 is 1.34 bits per heavy atom. The van der Waals surface area contributed by atoms with Gasteiger partial charge in [0, 0.05) is 0 Å². The molecule has 1 heterocycles. The number of para-hydroxylation sites is 1. The van der Waals surface area contributed by atoms with Gasteiger partial charge in [0.2, 0.25) is 0 Å². The molecular weight excluding hydrogens is 398 g/mol. The van der Waals surface area contributed by atoms with Crippen LogP contribution in [0, 0.1) is 0 Å². The van der Waals surface area contributed by atoms with Crippen LogP contribution in [-0.2, 0) is 11.3 Å². The molecule has 0 aliphatic carbocycles. The van der Waals surface area contributed by atoms with Crippen LogP contribution in [0.15, 0.2) is 109 Å². The summed E-state index contributed by atoms with van der Waals surface area (Å²) < 4.78 is 7.80. The Labute approximate surface area is 185 Å². The van der Waals surface area contributed by atoms with E-state index in [0.29, 0.717) is 12.1 Å². The van der Waals surface area contributed by atoms with Crippen molar-refractivity contribution >= 4 is 17.0 Å². The summed E-state index contributed by atoms with van der Waals surface area (Å²) in [6, 6.07) is 34.8. The van der Waals surface area contributed by atoms with Gasteiger partial charge in [0.05, 0.1) is 17.6 Å². The molecule has 5 aromatic rings. The van der Waals surface area contributed by atoms with Crippen LogP contribution in [0.3, 0.4) is 0 Å². The fourth-order valence-electron chi connectivity index (χ4n) is 3.71. The van der Waals surface area contributed by atoms with E-state index < -0.39 is 6.10 Å². The molecule has 0 atom stereocenters. The van der Waals surface area contributed by atoms with E-state index in [1.54, 1.807) is 12.1 Å². The second kappa shape index (κ2) is 8.86. The van der Waals surface area contributed by atoms with Gasteiger partial charge in [0.1, 0.15) is 5.52 Å². The van der Waals surface area contributed by atoms with E-state index in [9.17, 15) is 4.79 Å². The minimum Gasteiger partial charge on any atom is -0.449 e. The zero-order chi connectivity index (χ0) is 21.8. The zero-order valence-corrected chi connectivity index (χ0v) is 17.3. The summed E-state index contributed by atoms with van der Waals surface area (Å²) in [4.78, 5) is 13.0. The number of benzene rings is 4. The first-order valence-electron chi connectivity index (χ1n) is 10.5. The van der Waals surface area contributed by atoms with Gasteiger partial charge < -0.3 is 4.74 Å². The van der Waals surface area contributed by atoms with Gasteiger partial charge in [-0.25, -0.2) is 9.48 Å². The van der Waals surface area contributed by atoms with Crippen LogP contribution >= 0.6 is 0 Å². The molecule has 5 nitrogen and oxygen atoms in total. The van der Waals surface area contributed by atoms with Crippen molar-refractivity contribution in [3.8, 4) is 0 Å². The molecule has 0 amide bonds. The first kappa shape index (κ1) is 19.7. The SMILES string of the molecule is O=C(OC(c1ccccc1)c1ccccc1)c1ccc(Cn2nnc3ccccc32)cc1. The molecule has 5 heteroatoms. The van der Waals surface area contributed by atoms with Crippen molar-refractivity contribution < 1.29 is 9.53 Å². The van der Waals surface area contributed by atoms with Gasteiger partial charge in [-0.15, -0.1) is 5.10 Å². The molecule has 0 bridgehead atoms. The van der Waals surface area contributed by atoms with Crippen LogP contribution in [-0.4, -0.2) is 21.0 Å². The Bertz CT molecular complexity index is 1290. The van der Waals surface area contributed by atoms with E-state index in [1.165, 1.54) is 0 Å². The van der Waals surface area contributed by atoms with E-state index in [0.717, 1.165) is 27.7 Å². The summed E-state index contributed by atoms with van der Waals surface area (Å²) in [7, 11) is 0. The number of carbonyl (C=O) groups is 1. The van der Waals surface area contributed by atoms with E-state index in [4.69, 9.17) is 4.74 Å². The van der Waals surface area contributed by atoms with Crippen LogP contribution in [0.4, 0.5) is 0 Å². The largest absolute Gasteiger partial charge is 0.449 e. The molecule has 0 unspecified atom stereocenters. The van der Waals surface area contributed by atoms with E-state index >= 15 is 0 Å². The molecule has 0 aliphatic rings. The summed E-state index contributed by atoms with van der Waals surface area (Å²) in [6.45, 7) is 0.576. The highest BCUT2D eigenvalue weighted by Crippen LogP contribution is 2.27. The summed E-state index contributed by atoms with van der Waals surface area (Å²) in [5.41, 5.74) is 5.24. The minimum absolute atomic E-state index is 0.361. The second-order valence-electron chi connectivity index (χ2n) is 7.54. The van der Waals surface area contributed by atoms with E-state index in [-0.39, 0.29) is 5.97 Å². The minimum atomic E-state index is -0.467. The van der Waals surface area contributed by atoms with Crippen molar-refractivity contribution in [1.29, 1.82) is 0 Å². The summed E-state index contributed by atoms with van der Waals surface area (Å²) in [5, 5.41) is 8.42. The lowest BCUT2D eigenvalue weighted by molar-refractivity contribution is 0.0378. The standard InChI is InChI=1S/C27H21N3O2/c31-27(32-26(21-9-3-1-4-10-21)22-11-5-2-6-12-22)23-17-15-20(16-18-23)19-30-25-14-8-7-13-24(25)28-29-30/h1-18,26H,19H2. The molecule has 0 aliphatic heterocycles. The Hall–Kier alpha value is -4.25. The number of carbonyl (C=O) groups excluding carboxylic acids is 1. The summed E-state index contributed by atoms with van der Waals surface area (Å²) in [6.07, 6.45) is -0.467. The van der Waals surface area contributed by atoms with Crippen LogP contribution in [0.5, 0.6) is 0 Å². The highest BCUT2D eigenvalue weighted by molar-refractivity contribution is 5.89. The molecule has 0 fully saturated rings. The summed E-state index contributed by atoms with van der Waals surface area (Å²) >= 11 is 0. The van der Waals surface area contributed by atoms with Gasteiger partial charge in [0.25, 0.3) is 0 Å². The topological polar surface area (TPSA) is 57.0 Å². The van der Waals surface area contributed by atoms with Crippen molar-refractivity contribution in [2.75, 3.05) is 0 Å². The van der Waals surface area contributed by atoms with Crippen molar-refractivity contribution in [3.63, 3.8) is 0 Å². The number of aromatic nitrogens is 3.